The maximum atomic E-state index is 8.00. The van der Waals surface area contributed by atoms with E-state index < -0.39 is 0 Å². The molecule has 0 aliphatic heterocycles. The van der Waals surface area contributed by atoms with Gasteiger partial charge in [0.05, 0.1) is 6.61 Å². The van der Waals surface area contributed by atoms with Crippen molar-refractivity contribution in [2.75, 3.05) is 20.2 Å². The van der Waals surface area contributed by atoms with Crippen LogP contribution in [0.3, 0.4) is 0 Å². The van der Waals surface area contributed by atoms with E-state index in [1.165, 1.54) is 0 Å². The molecule has 0 aliphatic rings. The monoisotopic (exact) mass is 221 g/mol. The van der Waals surface area contributed by atoms with E-state index in [4.69, 9.17) is 39.5 Å². The third kappa shape index (κ3) is 72.0. The van der Waals surface area contributed by atoms with Crippen LogP contribution in [0.5, 0.6) is 0 Å². The minimum absolute atomic E-state index is 0.157. The summed E-state index contributed by atoms with van der Waals surface area (Å²) in [5.41, 5.74) is 28.7. The van der Waals surface area contributed by atoms with Gasteiger partial charge in [0.1, 0.15) is 11.6 Å². The molecule has 92 valence electrons. The Labute approximate surface area is 89.9 Å². The highest BCUT2D eigenvalue weighted by Gasteiger charge is 1.65. The van der Waals surface area contributed by atoms with Crippen LogP contribution in [0.4, 0.5) is 0 Å². The summed E-state index contributed by atoms with van der Waals surface area (Å²) in [6.07, 6.45) is 2.28. The quantitative estimate of drug-likeness (QED) is 0.236. The van der Waals surface area contributed by atoms with E-state index in [0.29, 0.717) is 6.54 Å². The van der Waals surface area contributed by atoms with Crippen molar-refractivity contribution < 1.29 is 5.11 Å². The third-order valence-electron chi connectivity index (χ3n) is 0.747. The molecule has 8 nitrogen and oxygen atoms in total. The average molecular weight is 221 g/mol. The van der Waals surface area contributed by atoms with Gasteiger partial charge in [0.15, 0.2) is 0 Å². The molecule has 0 aromatic rings. The van der Waals surface area contributed by atoms with Crippen LogP contribution in [-0.4, -0.2) is 25.3 Å². The van der Waals surface area contributed by atoms with Crippen LogP contribution >= 0.6 is 0 Å². The molecule has 0 spiro atoms. The summed E-state index contributed by atoms with van der Waals surface area (Å²) >= 11 is 0. The minimum Gasteiger partial charge on any atom is -0.402 e. The fourth-order valence-electron chi connectivity index (χ4n) is 0.112. The lowest BCUT2D eigenvalue weighted by atomic mass is 10.7. The highest BCUT2D eigenvalue weighted by Crippen LogP contribution is 1.49. The molecule has 0 saturated carbocycles. The van der Waals surface area contributed by atoms with E-state index in [0.717, 1.165) is 12.4 Å². The van der Waals surface area contributed by atoms with E-state index in [2.05, 4.69) is 5.32 Å². The minimum atomic E-state index is 0.157. The summed E-state index contributed by atoms with van der Waals surface area (Å²) in [6, 6.07) is 0. The molecular formula is C7H23N7O. The summed E-state index contributed by atoms with van der Waals surface area (Å²) in [5.74, 6) is 0.315. The third-order valence-corrected chi connectivity index (χ3v) is 0.747. The summed E-state index contributed by atoms with van der Waals surface area (Å²) in [6.45, 7) is 0.927. The van der Waals surface area contributed by atoms with Crippen molar-refractivity contribution in [2.24, 2.45) is 34.4 Å². The molecule has 0 atom stereocenters. The standard InChI is InChI=1S/C3H9NO.2C2H7N3/c1-4-2-3-5;2*3-1-2(4)5/h4-5H,2-3H2,1H3;2*1H,3-5H2. The van der Waals surface area contributed by atoms with Crippen LogP contribution in [0.1, 0.15) is 0 Å². The van der Waals surface area contributed by atoms with E-state index in [9.17, 15) is 0 Å². The Morgan fingerprint density at radius 3 is 1.33 bits per heavy atom. The molecule has 0 saturated heterocycles. The largest absolute Gasteiger partial charge is 0.402 e. The van der Waals surface area contributed by atoms with Crippen LogP contribution in [0, 0.1) is 0 Å². The van der Waals surface area contributed by atoms with Gasteiger partial charge < -0.3 is 44.8 Å². The van der Waals surface area contributed by atoms with Crippen LogP contribution in [0.25, 0.3) is 0 Å². The number of hydrogen-bond donors (Lipinski definition) is 8. The van der Waals surface area contributed by atoms with Crippen LogP contribution in [-0.2, 0) is 0 Å². The average Bonchev–Trinajstić information content (AvgIpc) is 2.20. The Balaban J connectivity index is -0.000000144. The number of aliphatic hydroxyl groups excluding tert-OH is 1. The van der Waals surface area contributed by atoms with Crippen molar-refractivity contribution in [1.29, 1.82) is 0 Å². The second-order valence-corrected chi connectivity index (χ2v) is 2.16. The molecule has 0 fully saturated rings. The molecule has 0 amide bonds. The fourth-order valence-corrected chi connectivity index (χ4v) is 0.112. The zero-order chi connectivity index (χ0) is 12.7. The summed E-state index contributed by atoms with van der Waals surface area (Å²) in [4.78, 5) is 0. The first-order valence-corrected chi connectivity index (χ1v) is 4.07. The highest BCUT2D eigenvalue weighted by atomic mass is 16.3. The molecule has 0 bridgehead atoms. The second kappa shape index (κ2) is 18.1. The maximum absolute atomic E-state index is 8.00. The lowest BCUT2D eigenvalue weighted by Gasteiger charge is -1.84. The lowest BCUT2D eigenvalue weighted by molar-refractivity contribution is 0.296. The summed E-state index contributed by atoms with van der Waals surface area (Å²) in [7, 11) is 1.80. The first-order chi connectivity index (χ1) is 6.95. The molecule has 0 aliphatic carbocycles. The van der Waals surface area contributed by atoms with E-state index in [-0.39, 0.29) is 18.2 Å². The van der Waals surface area contributed by atoms with Crippen molar-refractivity contribution in [3.63, 3.8) is 0 Å². The molecule has 14 N–H and O–H groups in total. The predicted molar refractivity (Wildman–Crippen MR) is 62.3 cm³/mol. The molecule has 15 heavy (non-hydrogen) atoms. The smallest absolute Gasteiger partial charge is 0.109 e. The molecular weight excluding hydrogens is 198 g/mol. The van der Waals surface area contributed by atoms with Crippen molar-refractivity contribution in [2.45, 2.75) is 0 Å². The number of rotatable bonds is 2. The number of nitrogens with one attached hydrogen (secondary N) is 1. The van der Waals surface area contributed by atoms with Crippen LogP contribution in [0.2, 0.25) is 0 Å². The Hall–Kier alpha value is -1.80. The van der Waals surface area contributed by atoms with Gasteiger partial charge in [-0.05, 0) is 7.05 Å². The molecule has 0 heterocycles. The van der Waals surface area contributed by atoms with Gasteiger partial charge in [0.25, 0.3) is 0 Å². The summed E-state index contributed by atoms with van der Waals surface area (Å²) < 4.78 is 0. The SMILES string of the molecule is CNCCO.NC=C(N)N.NC=C(N)N. The maximum Gasteiger partial charge on any atom is 0.109 e. The Morgan fingerprint density at radius 1 is 1.07 bits per heavy atom. The Morgan fingerprint density at radius 2 is 1.33 bits per heavy atom. The van der Waals surface area contributed by atoms with Gasteiger partial charge in [-0.2, -0.15) is 0 Å². The van der Waals surface area contributed by atoms with Gasteiger partial charge in [0.2, 0.25) is 0 Å². The van der Waals surface area contributed by atoms with Crippen molar-refractivity contribution in [1.82, 2.24) is 5.32 Å². The molecule has 0 rings (SSSR count). The van der Waals surface area contributed by atoms with E-state index >= 15 is 0 Å². The van der Waals surface area contributed by atoms with Gasteiger partial charge in [0, 0.05) is 18.9 Å². The van der Waals surface area contributed by atoms with Gasteiger partial charge >= 0.3 is 0 Å². The molecule has 0 radical (unpaired) electrons. The van der Waals surface area contributed by atoms with Gasteiger partial charge in [-0.1, -0.05) is 0 Å². The number of likely N-dealkylation sites (N-methyl/N-ethyl adjacent to an activating group) is 1. The zero-order valence-corrected chi connectivity index (χ0v) is 8.98. The molecule has 0 aromatic heterocycles. The van der Waals surface area contributed by atoms with Gasteiger partial charge in [-0.3, -0.25) is 0 Å². The van der Waals surface area contributed by atoms with Crippen LogP contribution in [0.15, 0.2) is 24.0 Å². The zero-order valence-electron chi connectivity index (χ0n) is 8.98. The Kier molecular flexibility index (Phi) is 22.8. The first-order valence-electron chi connectivity index (χ1n) is 4.07. The first kappa shape index (κ1) is 18.9. The normalized spacial score (nSPS) is 7.07. The van der Waals surface area contributed by atoms with Crippen LogP contribution < -0.4 is 39.7 Å². The lowest BCUT2D eigenvalue weighted by Crippen LogP contribution is -2.10. The predicted octanol–water partition coefficient (Wildman–Crippen LogP) is -3.48. The number of aliphatic hydroxyl groups is 1. The van der Waals surface area contributed by atoms with Crippen molar-refractivity contribution in [3.05, 3.63) is 24.0 Å². The van der Waals surface area contributed by atoms with E-state index in [1.807, 2.05) is 0 Å². The topological polar surface area (TPSA) is 188 Å². The van der Waals surface area contributed by atoms with Crippen molar-refractivity contribution >= 4 is 0 Å². The van der Waals surface area contributed by atoms with E-state index in [1.54, 1.807) is 7.05 Å². The van der Waals surface area contributed by atoms with Gasteiger partial charge in [-0.15, -0.1) is 0 Å². The fraction of sp³-hybridized carbons (Fsp3) is 0.429. The second-order valence-electron chi connectivity index (χ2n) is 2.16. The molecule has 8 heteroatoms. The molecule has 0 unspecified atom stereocenters. The Bertz CT molecular complexity index is 143. The van der Waals surface area contributed by atoms with Gasteiger partial charge in [-0.25, -0.2) is 0 Å². The highest BCUT2D eigenvalue weighted by molar-refractivity contribution is 4.84. The molecule has 0 aromatic carbocycles. The number of nitrogens with two attached hydrogens (primary N) is 6. The number of hydrogen-bond acceptors (Lipinski definition) is 8. The summed E-state index contributed by atoms with van der Waals surface area (Å²) in [5, 5.41) is 10.8. The van der Waals surface area contributed by atoms with Crippen molar-refractivity contribution in [3.8, 4) is 0 Å².